The van der Waals surface area contributed by atoms with Crippen LogP contribution in [0.1, 0.15) is 0 Å². The molecule has 0 aliphatic rings. The summed E-state index contributed by atoms with van der Waals surface area (Å²) in [7, 11) is 3.42. The fraction of sp³-hybridized carbons (Fsp3) is 0.200. The Morgan fingerprint density at radius 2 is 0.881 bits per heavy atom. The number of hydrogen-bond acceptors (Lipinski definition) is 7. The first-order valence-electron chi connectivity index (χ1n) is 11.1. The van der Waals surface area contributed by atoms with Crippen LogP contribution >= 0.6 is 66.7 Å². The molecule has 7 nitrogen and oxygen atoms in total. The Bertz CT molecular complexity index is 1370. The van der Waals surface area contributed by atoms with Crippen molar-refractivity contribution in [2.45, 2.75) is 9.66 Å². The molecule has 0 fully saturated rings. The summed E-state index contributed by atoms with van der Waals surface area (Å²) in [6, 6.07) is 10.7. The van der Waals surface area contributed by atoms with E-state index in [9.17, 15) is 27.2 Å². The van der Waals surface area contributed by atoms with E-state index in [0.29, 0.717) is 0 Å². The summed E-state index contributed by atoms with van der Waals surface area (Å²) in [6.07, 6.45) is 0. The van der Waals surface area contributed by atoms with Crippen LogP contribution in [-0.4, -0.2) is 61.2 Å². The molecule has 3 rings (SSSR count). The molecule has 0 saturated heterocycles. The molecule has 0 radical (unpaired) electrons. The summed E-state index contributed by atoms with van der Waals surface area (Å²) >= 11 is 15.1. The van der Waals surface area contributed by atoms with E-state index in [1.54, 1.807) is 0 Å². The minimum atomic E-state index is -7.80. The van der Waals surface area contributed by atoms with Gasteiger partial charge in [0.05, 0.1) is 0 Å². The molecular weight excluding hydrogens is 876 g/mol. The normalized spacial score (nSPS) is 13.0. The van der Waals surface area contributed by atoms with Crippen molar-refractivity contribution >= 4 is 107 Å². The molecule has 0 saturated carbocycles. The number of halogens is 9. The molecule has 0 heterocycles. The van der Waals surface area contributed by atoms with Gasteiger partial charge in [-0.25, -0.2) is 0 Å². The van der Waals surface area contributed by atoms with Gasteiger partial charge in [0, 0.05) is 0 Å². The van der Waals surface area contributed by atoms with E-state index in [1.807, 2.05) is 31.9 Å². The summed E-state index contributed by atoms with van der Waals surface area (Å²) < 4.78 is 85.4. The van der Waals surface area contributed by atoms with E-state index >= 15 is 0 Å². The average molecular weight is 894 g/mol. The number of carbonyl (C=O) groups excluding carboxylic acids is 2. The predicted octanol–water partition coefficient (Wildman–Crippen LogP) is 6.15. The van der Waals surface area contributed by atoms with Gasteiger partial charge >= 0.3 is 273 Å². The van der Waals surface area contributed by atoms with E-state index in [1.165, 1.54) is 36.4 Å². The second kappa shape index (κ2) is 12.8. The summed E-state index contributed by atoms with van der Waals surface area (Å²) in [4.78, 5) is 17.7. The number of ether oxygens (including phenoxy) is 3. The van der Waals surface area contributed by atoms with Crippen molar-refractivity contribution in [3.63, 3.8) is 0 Å². The Hall–Kier alpha value is -1.63. The number of alkyl halides is 6. The predicted molar refractivity (Wildman–Crippen MR) is 159 cm³/mol. The molecule has 0 amide bonds. The zero-order valence-electron chi connectivity index (χ0n) is 21.4. The molecular formula is C25H18Br2Cl3F4O7Sb. The third kappa shape index (κ3) is 6.42. The molecule has 228 valence electrons. The van der Waals surface area contributed by atoms with Crippen molar-refractivity contribution in [2.75, 3.05) is 21.3 Å². The van der Waals surface area contributed by atoms with Crippen LogP contribution in [0.4, 0.5) is 17.6 Å². The Balaban J connectivity index is 2.92. The first kappa shape index (κ1) is 34.9. The van der Waals surface area contributed by atoms with Crippen LogP contribution in [0.2, 0.25) is 15.1 Å². The molecule has 0 atom stereocenters. The van der Waals surface area contributed by atoms with E-state index in [0.717, 1.165) is 39.5 Å². The van der Waals surface area contributed by atoms with Crippen LogP contribution in [0.5, 0.6) is 17.2 Å². The van der Waals surface area contributed by atoms with Crippen molar-refractivity contribution in [3.8, 4) is 17.2 Å². The van der Waals surface area contributed by atoms with Gasteiger partial charge in [-0.15, -0.1) is 0 Å². The number of rotatable bonds is 10. The van der Waals surface area contributed by atoms with Gasteiger partial charge in [-0.1, -0.05) is 0 Å². The quantitative estimate of drug-likeness (QED) is 0.137. The standard InChI is InChI=1S/3C7H6ClO.2C2HBrF2O2.Sb/c3*1-9-7-4-2-6(8)3-5-7;2*3-2(4,5)1(6)7;/h3*2-4H,1H3;2*(H,6,7);/q;;;;;+2/p-2. The van der Waals surface area contributed by atoms with Crippen LogP contribution in [0, 0.1) is 0 Å². The average Bonchev–Trinajstić information content (AvgIpc) is 2.91. The van der Waals surface area contributed by atoms with Gasteiger partial charge in [0.1, 0.15) is 0 Å². The molecule has 0 aromatic heterocycles. The Labute approximate surface area is 270 Å². The van der Waals surface area contributed by atoms with Gasteiger partial charge in [0.2, 0.25) is 0 Å². The number of hydrogen-bond donors (Lipinski definition) is 0. The zero-order chi connectivity index (χ0) is 31.7. The van der Waals surface area contributed by atoms with Crippen molar-refractivity contribution in [2.24, 2.45) is 0 Å². The topological polar surface area (TPSA) is 80.3 Å². The maximum atomic E-state index is 14.7. The van der Waals surface area contributed by atoms with E-state index in [4.69, 9.17) is 55.0 Å². The number of methoxy groups -OCH3 is 3. The molecule has 0 N–H and O–H groups in total. The SMILES string of the molecule is COc1ccc(Cl)c[c]1[Sb]([O]C(=O)C(F)(F)Br)([O]C(=O)C(F)(F)Br)([c]1cc(Cl)ccc1OC)[c]1cc(Cl)ccc1OC. The molecule has 17 heteroatoms. The molecule has 0 unspecified atom stereocenters. The monoisotopic (exact) mass is 890 g/mol. The van der Waals surface area contributed by atoms with Gasteiger partial charge in [-0.2, -0.15) is 0 Å². The zero-order valence-corrected chi connectivity index (χ0v) is 29.4. The first-order chi connectivity index (χ1) is 19.4. The summed E-state index contributed by atoms with van der Waals surface area (Å²) in [6.45, 7) is 0. The molecule has 0 spiro atoms. The Morgan fingerprint density at radius 1 is 0.619 bits per heavy atom. The van der Waals surface area contributed by atoms with Gasteiger partial charge in [0.15, 0.2) is 0 Å². The summed E-state index contributed by atoms with van der Waals surface area (Å²) in [5.41, 5.74) is 0. The van der Waals surface area contributed by atoms with Gasteiger partial charge < -0.3 is 0 Å². The Kier molecular flexibility index (Phi) is 10.6. The molecule has 3 aromatic rings. The van der Waals surface area contributed by atoms with Crippen LogP contribution < -0.4 is 24.7 Å². The third-order valence-electron chi connectivity index (χ3n) is 5.71. The second-order valence-corrected chi connectivity index (χ2v) is 22.1. The van der Waals surface area contributed by atoms with Crippen molar-refractivity contribution in [3.05, 3.63) is 69.7 Å². The molecule has 0 aliphatic heterocycles. The van der Waals surface area contributed by atoms with Crippen molar-refractivity contribution in [1.29, 1.82) is 0 Å². The summed E-state index contributed by atoms with van der Waals surface area (Å²) in [5.74, 6) is -5.52. The van der Waals surface area contributed by atoms with Crippen LogP contribution in [-0.2, 0) is 15.6 Å². The van der Waals surface area contributed by atoms with Crippen LogP contribution in [0.15, 0.2) is 54.6 Å². The van der Waals surface area contributed by atoms with Gasteiger partial charge in [-0.05, 0) is 0 Å². The molecule has 0 aliphatic carbocycles. The van der Waals surface area contributed by atoms with Crippen LogP contribution in [0.3, 0.4) is 0 Å². The summed E-state index contributed by atoms with van der Waals surface area (Å²) in [5, 5.41) is -0.391. The van der Waals surface area contributed by atoms with Crippen molar-refractivity contribution < 1.29 is 47.4 Å². The molecule has 42 heavy (non-hydrogen) atoms. The molecule has 0 bridgehead atoms. The second-order valence-electron chi connectivity index (χ2n) is 8.16. The third-order valence-corrected chi connectivity index (χ3v) is 20.5. The minimum absolute atomic E-state index is 0.130. The van der Waals surface area contributed by atoms with E-state index in [2.05, 4.69) is 0 Å². The fourth-order valence-electron chi connectivity index (χ4n) is 4.06. The van der Waals surface area contributed by atoms with E-state index < -0.39 is 50.4 Å². The van der Waals surface area contributed by atoms with Gasteiger partial charge in [0.25, 0.3) is 0 Å². The first-order valence-corrected chi connectivity index (χ1v) is 19.7. The maximum absolute atomic E-state index is 14.7. The molecule has 3 aromatic carbocycles. The van der Waals surface area contributed by atoms with Crippen molar-refractivity contribution in [1.82, 2.24) is 0 Å². The fourth-order valence-corrected chi connectivity index (χ4v) is 20.7. The van der Waals surface area contributed by atoms with E-state index in [-0.39, 0.29) is 32.3 Å². The van der Waals surface area contributed by atoms with Crippen LogP contribution in [0.25, 0.3) is 0 Å². The Morgan fingerprint density at radius 3 is 1.10 bits per heavy atom. The number of benzene rings is 3. The number of carbonyl (C=O) groups is 2. The van der Waals surface area contributed by atoms with Gasteiger partial charge in [-0.3, -0.25) is 0 Å².